The van der Waals surface area contributed by atoms with E-state index in [1.807, 2.05) is 0 Å². The highest BCUT2D eigenvalue weighted by atomic mass is 19.1. The zero-order chi connectivity index (χ0) is 10.2. The molecule has 0 heterocycles. The van der Waals surface area contributed by atoms with Gasteiger partial charge in [-0.15, -0.1) is 0 Å². The Kier molecular flexibility index (Phi) is 2.85. The van der Waals surface area contributed by atoms with E-state index in [1.54, 1.807) is 0 Å². The first-order valence-corrected chi connectivity index (χ1v) is 3.78. The van der Waals surface area contributed by atoms with Crippen LogP contribution in [0.3, 0.4) is 0 Å². The SMILES string of the molecule is CC(C)(F)C(C)(C)C(N)C(=O)O. The summed E-state index contributed by atoms with van der Waals surface area (Å²) in [6.45, 7) is 5.67. The number of rotatable bonds is 3. The fraction of sp³-hybridized carbons (Fsp3) is 0.875. The molecule has 0 rings (SSSR count). The van der Waals surface area contributed by atoms with Crippen LogP contribution in [0.2, 0.25) is 0 Å². The smallest absolute Gasteiger partial charge is 0.321 e. The third-order valence-corrected chi connectivity index (χ3v) is 2.58. The average molecular weight is 177 g/mol. The van der Waals surface area contributed by atoms with Gasteiger partial charge in [-0.1, -0.05) is 13.8 Å². The number of aliphatic carboxylic acids is 1. The van der Waals surface area contributed by atoms with Crippen molar-refractivity contribution in [3.63, 3.8) is 0 Å². The minimum absolute atomic E-state index is 1.07. The Morgan fingerprint density at radius 2 is 1.75 bits per heavy atom. The van der Waals surface area contributed by atoms with Gasteiger partial charge in [0.1, 0.15) is 11.7 Å². The number of halogens is 1. The first-order chi connectivity index (χ1) is 5.10. The van der Waals surface area contributed by atoms with Gasteiger partial charge < -0.3 is 10.8 Å². The lowest BCUT2D eigenvalue weighted by Gasteiger charge is -2.37. The molecule has 0 amide bonds. The van der Waals surface area contributed by atoms with Crippen LogP contribution in [0.25, 0.3) is 0 Å². The summed E-state index contributed by atoms with van der Waals surface area (Å²) in [6.07, 6.45) is 0. The van der Waals surface area contributed by atoms with E-state index in [2.05, 4.69) is 0 Å². The van der Waals surface area contributed by atoms with E-state index in [4.69, 9.17) is 10.8 Å². The second kappa shape index (κ2) is 3.01. The second-order valence-corrected chi connectivity index (χ2v) is 4.01. The fourth-order valence-electron chi connectivity index (χ4n) is 0.678. The number of carboxylic acids is 1. The predicted molar refractivity (Wildman–Crippen MR) is 44.6 cm³/mol. The van der Waals surface area contributed by atoms with Crippen LogP contribution in [0.5, 0.6) is 0 Å². The molecule has 3 nitrogen and oxygen atoms in total. The summed E-state index contributed by atoms with van der Waals surface area (Å²) in [5, 5.41) is 8.59. The summed E-state index contributed by atoms with van der Waals surface area (Å²) in [6, 6.07) is -1.18. The van der Waals surface area contributed by atoms with Crippen LogP contribution in [0, 0.1) is 5.41 Å². The number of hydrogen-bond acceptors (Lipinski definition) is 2. The van der Waals surface area contributed by atoms with Gasteiger partial charge in [0.05, 0.1) is 0 Å². The average Bonchev–Trinajstić information content (AvgIpc) is 1.83. The Bertz CT molecular complexity index is 184. The van der Waals surface area contributed by atoms with Crippen molar-refractivity contribution >= 4 is 5.97 Å². The quantitative estimate of drug-likeness (QED) is 0.680. The molecular weight excluding hydrogens is 161 g/mol. The van der Waals surface area contributed by atoms with Crippen LogP contribution in [-0.2, 0) is 4.79 Å². The zero-order valence-electron chi connectivity index (χ0n) is 7.89. The largest absolute Gasteiger partial charge is 0.480 e. The molecule has 1 atom stereocenters. The highest BCUT2D eigenvalue weighted by molar-refractivity contribution is 5.74. The van der Waals surface area contributed by atoms with E-state index in [1.165, 1.54) is 27.7 Å². The third-order valence-electron chi connectivity index (χ3n) is 2.58. The Morgan fingerprint density at radius 3 is 1.83 bits per heavy atom. The first kappa shape index (κ1) is 11.4. The number of carboxylic acid groups (broad SMARTS) is 1. The molecule has 0 radical (unpaired) electrons. The molecule has 0 aliphatic rings. The summed E-state index contributed by atoms with van der Waals surface area (Å²) >= 11 is 0. The molecule has 0 saturated heterocycles. The number of nitrogens with two attached hydrogens (primary N) is 1. The molecule has 0 fully saturated rings. The van der Waals surface area contributed by atoms with Crippen molar-refractivity contribution in [1.29, 1.82) is 0 Å². The van der Waals surface area contributed by atoms with Gasteiger partial charge in [0, 0.05) is 5.41 Å². The molecule has 72 valence electrons. The van der Waals surface area contributed by atoms with Crippen molar-refractivity contribution < 1.29 is 14.3 Å². The molecule has 0 saturated carbocycles. The summed E-state index contributed by atoms with van der Waals surface area (Å²) in [4.78, 5) is 10.5. The van der Waals surface area contributed by atoms with Gasteiger partial charge in [-0.2, -0.15) is 0 Å². The van der Waals surface area contributed by atoms with Crippen LogP contribution in [0.15, 0.2) is 0 Å². The van der Waals surface area contributed by atoms with E-state index in [-0.39, 0.29) is 0 Å². The lowest BCUT2D eigenvalue weighted by molar-refractivity contribution is -0.144. The maximum absolute atomic E-state index is 13.4. The zero-order valence-corrected chi connectivity index (χ0v) is 7.89. The molecule has 1 unspecified atom stereocenters. The number of hydrogen-bond donors (Lipinski definition) is 2. The minimum atomic E-state index is -1.61. The molecule has 0 aliphatic carbocycles. The Balaban J connectivity index is 4.73. The fourth-order valence-corrected chi connectivity index (χ4v) is 0.678. The van der Waals surface area contributed by atoms with Crippen LogP contribution in [-0.4, -0.2) is 22.8 Å². The minimum Gasteiger partial charge on any atom is -0.480 e. The third kappa shape index (κ3) is 1.94. The molecule has 0 aromatic rings. The Labute approximate surface area is 71.8 Å². The maximum Gasteiger partial charge on any atom is 0.321 e. The molecule has 0 bridgehead atoms. The summed E-state index contributed by atoms with van der Waals surface area (Å²) in [5.74, 6) is -1.18. The highest BCUT2D eigenvalue weighted by Gasteiger charge is 2.45. The van der Waals surface area contributed by atoms with Crippen LogP contribution < -0.4 is 5.73 Å². The Morgan fingerprint density at radius 1 is 1.42 bits per heavy atom. The summed E-state index contributed by atoms with van der Waals surface area (Å²) < 4.78 is 13.4. The topological polar surface area (TPSA) is 63.3 Å². The molecule has 0 aromatic heterocycles. The van der Waals surface area contributed by atoms with E-state index in [0.29, 0.717) is 0 Å². The normalized spacial score (nSPS) is 15.8. The first-order valence-electron chi connectivity index (χ1n) is 3.78. The highest BCUT2D eigenvalue weighted by Crippen LogP contribution is 2.36. The van der Waals surface area contributed by atoms with Crippen molar-refractivity contribution in [3.05, 3.63) is 0 Å². The molecule has 4 heteroatoms. The maximum atomic E-state index is 13.4. The van der Waals surface area contributed by atoms with Gasteiger partial charge in [0.15, 0.2) is 0 Å². The van der Waals surface area contributed by atoms with Crippen LogP contribution >= 0.6 is 0 Å². The van der Waals surface area contributed by atoms with Crippen LogP contribution in [0.1, 0.15) is 27.7 Å². The lowest BCUT2D eigenvalue weighted by atomic mass is 9.73. The van der Waals surface area contributed by atoms with Gasteiger partial charge in [0.2, 0.25) is 0 Å². The van der Waals surface area contributed by atoms with Crippen molar-refractivity contribution in [2.24, 2.45) is 11.1 Å². The van der Waals surface area contributed by atoms with E-state index >= 15 is 0 Å². The predicted octanol–water partition coefficient (Wildman–Crippen LogP) is 1.17. The van der Waals surface area contributed by atoms with Gasteiger partial charge in [-0.25, -0.2) is 4.39 Å². The summed E-state index contributed by atoms with van der Waals surface area (Å²) in [7, 11) is 0. The van der Waals surface area contributed by atoms with E-state index in [0.717, 1.165) is 0 Å². The van der Waals surface area contributed by atoms with E-state index < -0.39 is 23.1 Å². The molecule has 3 N–H and O–H groups in total. The number of carbonyl (C=O) groups is 1. The molecule has 0 aliphatic heterocycles. The number of alkyl halides is 1. The molecular formula is C8H16FNO2. The lowest BCUT2D eigenvalue weighted by Crippen LogP contribution is -2.53. The van der Waals surface area contributed by atoms with Gasteiger partial charge in [-0.3, -0.25) is 4.79 Å². The van der Waals surface area contributed by atoms with E-state index in [9.17, 15) is 9.18 Å². The van der Waals surface area contributed by atoms with Crippen molar-refractivity contribution in [3.8, 4) is 0 Å². The second-order valence-electron chi connectivity index (χ2n) is 4.01. The monoisotopic (exact) mass is 177 g/mol. The van der Waals surface area contributed by atoms with Gasteiger partial charge in [0.25, 0.3) is 0 Å². The van der Waals surface area contributed by atoms with Gasteiger partial charge in [-0.05, 0) is 13.8 Å². The van der Waals surface area contributed by atoms with Crippen molar-refractivity contribution in [2.75, 3.05) is 0 Å². The molecule has 0 spiro atoms. The van der Waals surface area contributed by atoms with Gasteiger partial charge >= 0.3 is 5.97 Å². The molecule has 0 aromatic carbocycles. The molecule has 12 heavy (non-hydrogen) atoms. The van der Waals surface area contributed by atoms with Crippen molar-refractivity contribution in [1.82, 2.24) is 0 Å². The standard InChI is InChI=1S/C8H16FNO2/c1-7(2,8(3,4)9)5(10)6(11)12/h5H,10H2,1-4H3,(H,11,12). The Hall–Kier alpha value is -0.640. The van der Waals surface area contributed by atoms with Crippen molar-refractivity contribution in [2.45, 2.75) is 39.4 Å². The summed E-state index contributed by atoms with van der Waals surface area (Å²) in [5.41, 5.74) is 2.66. The van der Waals surface area contributed by atoms with Crippen LogP contribution in [0.4, 0.5) is 4.39 Å².